The van der Waals surface area contributed by atoms with E-state index in [1.807, 2.05) is 0 Å². The van der Waals surface area contributed by atoms with E-state index in [1.54, 1.807) is 0 Å². The van der Waals surface area contributed by atoms with Crippen molar-refractivity contribution in [3.8, 4) is 0 Å². The van der Waals surface area contributed by atoms with Crippen LogP contribution < -0.4 is 0 Å². The van der Waals surface area contributed by atoms with Gasteiger partial charge < -0.3 is 10.2 Å². The molecule has 0 aromatic carbocycles. The van der Waals surface area contributed by atoms with Crippen LogP contribution >= 0.6 is 0 Å². The van der Waals surface area contributed by atoms with Crippen molar-refractivity contribution in [2.75, 3.05) is 0 Å². The van der Waals surface area contributed by atoms with Crippen LogP contribution in [0.25, 0.3) is 0 Å². The van der Waals surface area contributed by atoms with E-state index < -0.39 is 11.4 Å². The first kappa shape index (κ1) is 23.9. The molecule has 0 aromatic rings. The third-order valence-electron chi connectivity index (χ3n) is 13.5. The van der Waals surface area contributed by atoms with Gasteiger partial charge in [0, 0.05) is 0 Å². The van der Waals surface area contributed by atoms with Crippen molar-refractivity contribution in [1.29, 1.82) is 0 Å². The summed E-state index contributed by atoms with van der Waals surface area (Å²) < 4.78 is 0. The summed E-state index contributed by atoms with van der Waals surface area (Å²) in [7, 11) is 0. The molecule has 33 heavy (non-hydrogen) atoms. The van der Waals surface area contributed by atoms with Gasteiger partial charge in [-0.15, -0.1) is 0 Å². The summed E-state index contributed by atoms with van der Waals surface area (Å²) in [6.45, 7) is 18.8. The first-order valence-electron chi connectivity index (χ1n) is 13.8. The van der Waals surface area contributed by atoms with E-state index in [2.05, 4.69) is 48.1 Å². The monoisotopic (exact) mass is 456 g/mol. The second kappa shape index (κ2) is 7.11. The van der Waals surface area contributed by atoms with Crippen LogP contribution in [0.1, 0.15) is 106 Å². The van der Waals surface area contributed by atoms with Crippen molar-refractivity contribution in [1.82, 2.24) is 0 Å². The summed E-state index contributed by atoms with van der Waals surface area (Å²) in [6.07, 6.45) is 10.5. The lowest BCUT2D eigenvalue weighted by molar-refractivity contribution is -0.248. The molecule has 5 aliphatic rings. The highest BCUT2D eigenvalue weighted by Crippen LogP contribution is 2.77. The number of carbonyl (C=O) groups is 1. The average molecular weight is 457 g/mol. The van der Waals surface area contributed by atoms with Gasteiger partial charge in [0.05, 0.1) is 11.5 Å². The summed E-state index contributed by atoms with van der Waals surface area (Å²) >= 11 is 0. The van der Waals surface area contributed by atoms with Crippen molar-refractivity contribution in [3.63, 3.8) is 0 Å². The van der Waals surface area contributed by atoms with Crippen LogP contribution in [0.5, 0.6) is 0 Å². The van der Waals surface area contributed by atoms with E-state index in [4.69, 9.17) is 0 Å². The smallest absolute Gasteiger partial charge is 0.309 e. The van der Waals surface area contributed by atoms with Crippen LogP contribution in [-0.4, -0.2) is 22.3 Å². The molecule has 0 unspecified atom stereocenters. The molecule has 5 saturated carbocycles. The number of aliphatic carboxylic acids is 1. The third kappa shape index (κ3) is 2.75. The molecule has 0 radical (unpaired) electrons. The van der Waals surface area contributed by atoms with Gasteiger partial charge in [0.1, 0.15) is 0 Å². The van der Waals surface area contributed by atoms with Crippen LogP contribution in [-0.2, 0) is 4.79 Å². The Kier molecular flexibility index (Phi) is 5.15. The van der Waals surface area contributed by atoms with Crippen molar-refractivity contribution in [3.05, 3.63) is 12.2 Å². The molecule has 2 N–H and O–H groups in total. The summed E-state index contributed by atoms with van der Waals surface area (Å²) in [5.41, 5.74) is 1.35. The minimum atomic E-state index is -0.538. The van der Waals surface area contributed by atoms with Crippen LogP contribution in [0, 0.1) is 56.7 Å². The van der Waals surface area contributed by atoms with Gasteiger partial charge >= 0.3 is 5.97 Å². The Balaban J connectivity index is 1.57. The predicted molar refractivity (Wildman–Crippen MR) is 133 cm³/mol. The topological polar surface area (TPSA) is 57.5 Å². The van der Waals surface area contributed by atoms with Gasteiger partial charge in [-0.05, 0) is 122 Å². The fraction of sp³-hybridized carbons (Fsp3) is 0.900. The normalized spacial score (nSPS) is 55.0. The Labute approximate surface area is 201 Å². The molecule has 3 nitrogen and oxygen atoms in total. The van der Waals surface area contributed by atoms with Crippen molar-refractivity contribution in [2.45, 2.75) is 112 Å². The fourth-order valence-electron chi connectivity index (χ4n) is 11.5. The Bertz CT molecular complexity index is 861. The molecule has 5 fully saturated rings. The number of rotatable bonds is 2. The number of hydrogen-bond acceptors (Lipinski definition) is 2. The lowest BCUT2D eigenvalue weighted by Crippen LogP contribution is -2.67. The minimum Gasteiger partial charge on any atom is -0.481 e. The van der Waals surface area contributed by atoms with Gasteiger partial charge in [-0.2, -0.15) is 0 Å². The molecule has 0 saturated heterocycles. The third-order valence-corrected chi connectivity index (χ3v) is 13.5. The number of hydrogen-bond donors (Lipinski definition) is 2. The largest absolute Gasteiger partial charge is 0.481 e. The second-order valence-electron chi connectivity index (χ2n) is 14.5. The predicted octanol–water partition coefficient (Wildman–Crippen LogP) is 7.09. The van der Waals surface area contributed by atoms with Gasteiger partial charge in [-0.3, -0.25) is 4.79 Å². The highest BCUT2D eigenvalue weighted by atomic mass is 16.4. The maximum absolute atomic E-state index is 12.8. The molecule has 5 aliphatic carbocycles. The molecule has 0 aromatic heterocycles. The number of aliphatic hydroxyl groups is 1. The summed E-state index contributed by atoms with van der Waals surface area (Å²) in [5.74, 6) is 1.79. The maximum atomic E-state index is 12.8. The maximum Gasteiger partial charge on any atom is 0.309 e. The van der Waals surface area contributed by atoms with E-state index in [0.29, 0.717) is 23.7 Å². The number of carboxylic acid groups (broad SMARTS) is 1. The Morgan fingerprint density at radius 1 is 0.818 bits per heavy atom. The van der Waals surface area contributed by atoms with Crippen LogP contribution in [0.2, 0.25) is 0 Å². The van der Waals surface area contributed by atoms with Crippen LogP contribution in [0.3, 0.4) is 0 Å². The zero-order chi connectivity index (χ0) is 24.2. The zero-order valence-electron chi connectivity index (χ0n) is 22.0. The Morgan fingerprint density at radius 2 is 1.52 bits per heavy atom. The van der Waals surface area contributed by atoms with Gasteiger partial charge in [0.15, 0.2) is 0 Å². The van der Waals surface area contributed by atoms with Crippen molar-refractivity contribution in [2.24, 2.45) is 56.7 Å². The van der Waals surface area contributed by atoms with Crippen molar-refractivity contribution >= 4 is 5.97 Å². The first-order chi connectivity index (χ1) is 15.3. The number of carboxylic acids is 1. The van der Waals surface area contributed by atoms with Crippen molar-refractivity contribution < 1.29 is 15.0 Å². The number of allylic oxidation sites excluding steroid dienone is 1. The fourth-order valence-corrected chi connectivity index (χ4v) is 11.5. The van der Waals surface area contributed by atoms with Gasteiger partial charge in [-0.25, -0.2) is 0 Å². The average Bonchev–Trinajstić information content (AvgIpc) is 3.13. The van der Waals surface area contributed by atoms with E-state index in [-0.39, 0.29) is 33.7 Å². The van der Waals surface area contributed by atoms with Gasteiger partial charge in [0.25, 0.3) is 0 Å². The lowest BCUT2D eigenvalue weighted by atomic mass is 9.32. The quantitative estimate of drug-likeness (QED) is 0.436. The van der Waals surface area contributed by atoms with Gasteiger partial charge in [-0.1, -0.05) is 46.8 Å². The SMILES string of the molecule is C=C(C)[C@@H]1CC[C@]2(C(=O)O)CC[C@]3(C)[C@H](CC[C@H]4[C@@]5(C)CC[C@H](O)C(C)(C)[C@@H]5CC[C@]43C)[C@@H]12. The summed E-state index contributed by atoms with van der Waals surface area (Å²) in [6, 6.07) is 0. The zero-order valence-corrected chi connectivity index (χ0v) is 22.0. The summed E-state index contributed by atoms with van der Waals surface area (Å²) in [4.78, 5) is 12.8. The molecular weight excluding hydrogens is 408 g/mol. The highest BCUT2D eigenvalue weighted by Gasteiger charge is 2.71. The molecule has 0 bridgehead atoms. The molecule has 0 amide bonds. The van der Waals surface area contributed by atoms with Crippen LogP contribution in [0.4, 0.5) is 0 Å². The number of fused-ring (bicyclic) bond motifs is 7. The lowest BCUT2D eigenvalue weighted by Gasteiger charge is -2.72. The molecule has 5 rings (SSSR count). The van der Waals surface area contributed by atoms with Gasteiger partial charge in [0.2, 0.25) is 0 Å². The highest BCUT2D eigenvalue weighted by molar-refractivity contribution is 5.76. The van der Waals surface area contributed by atoms with E-state index >= 15 is 0 Å². The molecule has 186 valence electrons. The first-order valence-corrected chi connectivity index (χ1v) is 13.8. The molecule has 3 heteroatoms. The Morgan fingerprint density at radius 3 is 2.15 bits per heavy atom. The van der Waals surface area contributed by atoms with E-state index in [0.717, 1.165) is 38.5 Å². The molecule has 0 spiro atoms. The van der Waals surface area contributed by atoms with E-state index in [1.165, 1.54) is 31.3 Å². The summed E-state index contributed by atoms with van der Waals surface area (Å²) in [5, 5.41) is 21.4. The molecule has 0 aliphatic heterocycles. The molecule has 0 heterocycles. The molecular formula is C30H48O3. The standard InChI is InChI=1S/C30H48O3/c1-18(2)19-10-15-30(25(32)33)17-16-28(6)20(24(19)30)8-9-22-27(5)13-12-23(31)26(3,4)21(27)11-14-29(22,28)7/h19-24,31H,1,8-17H2,2-7H3,(H,32,33)/t19-,20+,21-,22-,23-,24+,27-,28+,29+,30-/m0/s1. The Hall–Kier alpha value is -0.830. The second-order valence-corrected chi connectivity index (χ2v) is 14.5. The minimum absolute atomic E-state index is 0.0202. The van der Waals surface area contributed by atoms with Crippen LogP contribution in [0.15, 0.2) is 12.2 Å². The van der Waals surface area contributed by atoms with E-state index in [9.17, 15) is 15.0 Å². The number of aliphatic hydroxyl groups excluding tert-OH is 1. The molecule has 10 atom stereocenters.